The van der Waals surface area contributed by atoms with Gasteiger partial charge in [-0.05, 0) is 35.6 Å². The highest BCUT2D eigenvalue weighted by Gasteiger charge is 1.98. The zero-order valence-corrected chi connectivity index (χ0v) is 11.0. The summed E-state index contributed by atoms with van der Waals surface area (Å²) in [5, 5.41) is 2.55. The van der Waals surface area contributed by atoms with Gasteiger partial charge in [0.05, 0.1) is 6.61 Å². The van der Waals surface area contributed by atoms with Crippen molar-refractivity contribution in [1.82, 2.24) is 0 Å². The molecule has 2 rings (SSSR count). The van der Waals surface area contributed by atoms with E-state index < -0.39 is 0 Å². The van der Waals surface area contributed by atoms with Gasteiger partial charge in [0.2, 0.25) is 0 Å². The quantitative estimate of drug-likeness (QED) is 0.444. The van der Waals surface area contributed by atoms with Crippen molar-refractivity contribution in [2.24, 2.45) is 0 Å². The van der Waals surface area contributed by atoms with Gasteiger partial charge in [0.15, 0.2) is 0 Å². The molecular formula is C17H18O2. The average Bonchev–Trinajstić information content (AvgIpc) is 2.46. The van der Waals surface area contributed by atoms with E-state index in [2.05, 4.69) is 49.0 Å². The van der Waals surface area contributed by atoms with Crippen molar-refractivity contribution in [1.29, 1.82) is 0 Å². The van der Waals surface area contributed by atoms with Crippen molar-refractivity contribution in [2.75, 3.05) is 6.61 Å². The Morgan fingerprint density at radius 2 is 1.89 bits per heavy atom. The number of carbonyl (C=O) groups excluding carboxylic acids is 1. The third-order valence-electron chi connectivity index (χ3n) is 3.08. The Kier molecular flexibility index (Phi) is 4.73. The lowest BCUT2D eigenvalue weighted by Gasteiger charge is -2.04. The zero-order valence-electron chi connectivity index (χ0n) is 11.0. The normalized spacial score (nSPS) is 10.3. The van der Waals surface area contributed by atoms with Crippen LogP contribution in [0.1, 0.15) is 18.4 Å². The van der Waals surface area contributed by atoms with Gasteiger partial charge < -0.3 is 4.74 Å². The van der Waals surface area contributed by atoms with Crippen LogP contribution in [0, 0.1) is 0 Å². The molecule has 0 aliphatic heterocycles. The van der Waals surface area contributed by atoms with Crippen LogP contribution in [0.4, 0.5) is 0 Å². The predicted octanol–water partition coefficient (Wildman–Crippen LogP) is 3.89. The third-order valence-corrected chi connectivity index (χ3v) is 3.08. The summed E-state index contributed by atoms with van der Waals surface area (Å²) in [5.41, 5.74) is 1.33. The highest BCUT2D eigenvalue weighted by atomic mass is 16.5. The Bertz CT molecular complexity index is 572. The largest absolute Gasteiger partial charge is 0.463 e. The van der Waals surface area contributed by atoms with Crippen molar-refractivity contribution in [3.63, 3.8) is 0 Å². The lowest BCUT2D eigenvalue weighted by molar-refractivity contribution is -0.137. The molecular weight excluding hydrogens is 236 g/mol. The molecule has 0 heterocycles. The Labute approximate surface area is 113 Å². The first-order chi connectivity index (χ1) is 9.29. The minimum atomic E-state index is -0.342. The maximum Gasteiger partial charge on any atom is 0.330 e. The summed E-state index contributed by atoms with van der Waals surface area (Å²) in [4.78, 5) is 10.9. The maximum atomic E-state index is 10.9. The second kappa shape index (κ2) is 6.74. The molecule has 0 saturated carbocycles. The summed E-state index contributed by atoms with van der Waals surface area (Å²) in [6, 6.07) is 14.9. The number of carbonyl (C=O) groups is 1. The minimum Gasteiger partial charge on any atom is -0.463 e. The molecule has 0 saturated heterocycles. The molecule has 2 heteroatoms. The number of aryl methyl sites for hydroxylation is 1. The van der Waals surface area contributed by atoms with Gasteiger partial charge in [-0.3, -0.25) is 0 Å². The van der Waals surface area contributed by atoms with Crippen LogP contribution in [-0.2, 0) is 16.0 Å². The van der Waals surface area contributed by atoms with Crippen molar-refractivity contribution in [3.8, 4) is 0 Å². The molecule has 0 amide bonds. The topological polar surface area (TPSA) is 26.3 Å². The molecule has 2 aromatic rings. The molecule has 0 unspecified atom stereocenters. The number of ether oxygens (including phenoxy) is 1. The van der Waals surface area contributed by atoms with Gasteiger partial charge in [-0.25, -0.2) is 4.79 Å². The molecule has 0 bridgehead atoms. The summed E-state index contributed by atoms with van der Waals surface area (Å²) in [5.74, 6) is -0.342. The lowest BCUT2D eigenvalue weighted by atomic mass is 10.0. The van der Waals surface area contributed by atoms with E-state index in [1.165, 1.54) is 22.4 Å². The van der Waals surface area contributed by atoms with E-state index in [0.717, 1.165) is 19.3 Å². The van der Waals surface area contributed by atoms with Gasteiger partial charge in [-0.2, -0.15) is 0 Å². The zero-order chi connectivity index (χ0) is 13.5. The fourth-order valence-corrected chi connectivity index (χ4v) is 2.06. The average molecular weight is 254 g/mol. The molecule has 2 nitrogen and oxygen atoms in total. The number of rotatable bonds is 6. The first-order valence-corrected chi connectivity index (χ1v) is 6.56. The Balaban J connectivity index is 1.81. The molecule has 98 valence electrons. The molecule has 19 heavy (non-hydrogen) atoms. The van der Waals surface area contributed by atoms with E-state index in [4.69, 9.17) is 4.74 Å². The van der Waals surface area contributed by atoms with Gasteiger partial charge >= 0.3 is 5.97 Å². The van der Waals surface area contributed by atoms with Crippen LogP contribution < -0.4 is 0 Å². The standard InChI is InChI=1S/C17H18O2/c1-2-17(18)19-12-6-5-7-14-10-11-15-8-3-4-9-16(15)13-14/h2-4,8-11,13H,1,5-7,12H2. The maximum absolute atomic E-state index is 10.9. The number of hydrogen-bond donors (Lipinski definition) is 0. The molecule has 0 aliphatic carbocycles. The number of unbranched alkanes of at least 4 members (excludes halogenated alkanes) is 1. The minimum absolute atomic E-state index is 0.342. The van der Waals surface area contributed by atoms with Crippen LogP contribution in [0.5, 0.6) is 0 Å². The molecule has 0 aromatic heterocycles. The van der Waals surface area contributed by atoms with Crippen LogP contribution in [0.3, 0.4) is 0 Å². The molecule has 0 fully saturated rings. The highest BCUT2D eigenvalue weighted by Crippen LogP contribution is 2.16. The van der Waals surface area contributed by atoms with Crippen LogP contribution in [-0.4, -0.2) is 12.6 Å². The molecule has 0 aliphatic rings. The van der Waals surface area contributed by atoms with Crippen LogP contribution in [0.15, 0.2) is 55.1 Å². The van der Waals surface area contributed by atoms with E-state index >= 15 is 0 Å². The predicted molar refractivity (Wildman–Crippen MR) is 78.0 cm³/mol. The Hall–Kier alpha value is -2.09. The molecule has 0 atom stereocenters. The third kappa shape index (κ3) is 3.95. The van der Waals surface area contributed by atoms with Crippen molar-refractivity contribution in [3.05, 3.63) is 60.7 Å². The number of hydrogen-bond acceptors (Lipinski definition) is 2. The highest BCUT2D eigenvalue weighted by molar-refractivity contribution is 5.83. The smallest absolute Gasteiger partial charge is 0.330 e. The second-order valence-electron chi connectivity index (χ2n) is 4.51. The van der Waals surface area contributed by atoms with Crippen LogP contribution in [0.2, 0.25) is 0 Å². The van der Waals surface area contributed by atoms with Gasteiger partial charge in [-0.15, -0.1) is 0 Å². The number of fused-ring (bicyclic) bond motifs is 1. The Morgan fingerprint density at radius 1 is 1.11 bits per heavy atom. The molecule has 0 N–H and O–H groups in total. The van der Waals surface area contributed by atoms with Gasteiger partial charge in [0.25, 0.3) is 0 Å². The summed E-state index contributed by atoms with van der Waals surface area (Å²) >= 11 is 0. The van der Waals surface area contributed by atoms with E-state index in [1.807, 2.05) is 0 Å². The first kappa shape index (κ1) is 13.3. The van der Waals surface area contributed by atoms with Gasteiger partial charge in [-0.1, -0.05) is 49.0 Å². The summed E-state index contributed by atoms with van der Waals surface area (Å²) in [7, 11) is 0. The monoisotopic (exact) mass is 254 g/mol. The van der Waals surface area contributed by atoms with Crippen LogP contribution in [0.25, 0.3) is 10.8 Å². The molecule has 0 spiro atoms. The summed E-state index contributed by atoms with van der Waals surface area (Å²) < 4.78 is 4.94. The van der Waals surface area contributed by atoms with Gasteiger partial charge in [0.1, 0.15) is 0 Å². The van der Waals surface area contributed by atoms with Crippen molar-refractivity contribution in [2.45, 2.75) is 19.3 Å². The van der Waals surface area contributed by atoms with E-state index in [-0.39, 0.29) is 5.97 Å². The van der Waals surface area contributed by atoms with Crippen molar-refractivity contribution >= 4 is 16.7 Å². The first-order valence-electron chi connectivity index (χ1n) is 6.56. The Morgan fingerprint density at radius 3 is 2.68 bits per heavy atom. The van der Waals surface area contributed by atoms with E-state index in [9.17, 15) is 4.79 Å². The van der Waals surface area contributed by atoms with Gasteiger partial charge in [0, 0.05) is 6.08 Å². The number of benzene rings is 2. The fraction of sp³-hybridized carbons (Fsp3) is 0.235. The molecule has 2 aromatic carbocycles. The fourth-order valence-electron chi connectivity index (χ4n) is 2.06. The summed E-state index contributed by atoms with van der Waals surface area (Å²) in [6.45, 7) is 3.83. The van der Waals surface area contributed by atoms with Crippen molar-refractivity contribution < 1.29 is 9.53 Å². The number of esters is 1. The SMILES string of the molecule is C=CC(=O)OCCCCc1ccc2ccccc2c1. The summed E-state index contributed by atoms with van der Waals surface area (Å²) in [6.07, 6.45) is 4.11. The van der Waals surface area contributed by atoms with E-state index in [0.29, 0.717) is 6.61 Å². The molecule has 0 radical (unpaired) electrons. The second-order valence-corrected chi connectivity index (χ2v) is 4.51. The van der Waals surface area contributed by atoms with Crippen LogP contribution >= 0.6 is 0 Å². The van der Waals surface area contributed by atoms with E-state index in [1.54, 1.807) is 0 Å². The lowest BCUT2D eigenvalue weighted by Crippen LogP contribution is -2.02.